The maximum atomic E-state index is 6.11. The second-order valence-electron chi connectivity index (χ2n) is 7.28. The lowest BCUT2D eigenvalue weighted by molar-refractivity contribution is -0.00208. The molecule has 1 aromatic rings. The van der Waals surface area contributed by atoms with E-state index < -0.39 is 0 Å². The highest BCUT2D eigenvalue weighted by Crippen LogP contribution is 2.30. The first kappa shape index (κ1) is 18.5. The zero-order chi connectivity index (χ0) is 16.3. The summed E-state index contributed by atoms with van der Waals surface area (Å²) in [4.78, 5) is 0. The lowest BCUT2D eigenvalue weighted by Crippen LogP contribution is -2.24. The summed E-state index contributed by atoms with van der Waals surface area (Å²) < 4.78 is 6.11. The van der Waals surface area contributed by atoms with Gasteiger partial charge in [0.05, 0.1) is 12.7 Å². The van der Waals surface area contributed by atoms with E-state index in [1.54, 1.807) is 0 Å². The third kappa shape index (κ3) is 6.67. The van der Waals surface area contributed by atoms with Gasteiger partial charge in [-0.2, -0.15) is 0 Å². The zero-order valence-electron chi connectivity index (χ0n) is 15.4. The largest absolute Gasteiger partial charge is 0.378 e. The number of aryl methyl sites for hydroxylation is 1. The molecule has 0 N–H and O–H groups in total. The molecule has 2 atom stereocenters. The molecule has 23 heavy (non-hydrogen) atoms. The van der Waals surface area contributed by atoms with Crippen LogP contribution in [0.25, 0.3) is 0 Å². The van der Waals surface area contributed by atoms with Gasteiger partial charge in [-0.15, -0.1) is 0 Å². The Bertz CT molecular complexity index is 400. The maximum absolute atomic E-state index is 6.11. The van der Waals surface area contributed by atoms with Crippen LogP contribution < -0.4 is 0 Å². The first-order valence-corrected chi connectivity index (χ1v) is 10.0. The summed E-state index contributed by atoms with van der Waals surface area (Å²) in [5.41, 5.74) is 2.98. The van der Waals surface area contributed by atoms with Gasteiger partial charge in [-0.3, -0.25) is 0 Å². The van der Waals surface area contributed by atoms with Crippen LogP contribution in [0.15, 0.2) is 24.3 Å². The van der Waals surface area contributed by atoms with E-state index in [0.717, 1.165) is 6.61 Å². The normalized spacial score (nSPS) is 21.5. The second kappa shape index (κ2) is 10.9. The number of hydrogen-bond donors (Lipinski definition) is 0. The van der Waals surface area contributed by atoms with Crippen molar-refractivity contribution < 1.29 is 4.74 Å². The average Bonchev–Trinajstić information content (AvgIpc) is 2.60. The highest BCUT2D eigenvalue weighted by molar-refractivity contribution is 5.26. The summed E-state index contributed by atoms with van der Waals surface area (Å²) in [6, 6.07) is 9.38. The first-order chi connectivity index (χ1) is 11.3. The third-order valence-electron chi connectivity index (χ3n) is 5.27. The molecule has 1 fully saturated rings. The molecule has 2 unspecified atom stereocenters. The Morgan fingerprint density at radius 2 is 1.61 bits per heavy atom. The van der Waals surface area contributed by atoms with Crippen LogP contribution in [0.5, 0.6) is 0 Å². The van der Waals surface area contributed by atoms with Gasteiger partial charge in [0.15, 0.2) is 0 Å². The predicted molar refractivity (Wildman–Crippen MR) is 100 cm³/mol. The lowest BCUT2D eigenvalue weighted by Gasteiger charge is -2.29. The maximum Gasteiger partial charge on any atom is 0.0575 e. The van der Waals surface area contributed by atoms with E-state index in [-0.39, 0.29) is 0 Å². The molecule has 1 aliphatic heterocycles. The van der Waals surface area contributed by atoms with E-state index in [0.29, 0.717) is 12.0 Å². The van der Waals surface area contributed by atoms with E-state index in [2.05, 4.69) is 38.1 Å². The summed E-state index contributed by atoms with van der Waals surface area (Å²) in [7, 11) is 0. The van der Waals surface area contributed by atoms with Crippen molar-refractivity contribution in [1.82, 2.24) is 0 Å². The Labute approximate surface area is 143 Å². The van der Waals surface area contributed by atoms with Crippen LogP contribution in [0, 0.1) is 0 Å². The van der Waals surface area contributed by atoms with Crippen LogP contribution in [0.2, 0.25) is 0 Å². The minimum absolute atomic E-state index is 0.524. The van der Waals surface area contributed by atoms with E-state index >= 15 is 0 Å². The molecule has 2 rings (SSSR count). The van der Waals surface area contributed by atoms with Crippen LogP contribution in [0.3, 0.4) is 0 Å². The van der Waals surface area contributed by atoms with Crippen molar-refractivity contribution in [2.45, 2.75) is 96.5 Å². The van der Waals surface area contributed by atoms with Gasteiger partial charge < -0.3 is 4.74 Å². The summed E-state index contributed by atoms with van der Waals surface area (Å²) in [6.45, 7) is 5.47. The molecule has 1 aromatic carbocycles. The van der Waals surface area contributed by atoms with E-state index in [4.69, 9.17) is 4.74 Å². The molecule has 0 saturated carbocycles. The van der Waals surface area contributed by atoms with Gasteiger partial charge in [0.25, 0.3) is 0 Å². The molecule has 0 bridgehead atoms. The molecule has 1 nitrogen and oxygen atoms in total. The molecule has 130 valence electrons. The second-order valence-corrected chi connectivity index (χ2v) is 7.28. The van der Waals surface area contributed by atoms with Gasteiger partial charge >= 0.3 is 0 Å². The Morgan fingerprint density at radius 1 is 0.870 bits per heavy atom. The molecular weight excluding hydrogens is 280 g/mol. The minimum Gasteiger partial charge on any atom is -0.378 e. The standard InChI is InChI=1S/C22H36O/c1-3-5-7-9-10-19-12-14-20(15-13-19)21-16-17-22(23-18-21)11-8-6-4-2/h12-15,21-22H,3-11,16-18H2,1-2H3. The molecule has 0 aliphatic carbocycles. The SMILES string of the molecule is CCCCCCc1ccc(C2CCC(CCCCC)OC2)cc1. The van der Waals surface area contributed by atoms with E-state index in [1.165, 1.54) is 81.8 Å². The highest BCUT2D eigenvalue weighted by atomic mass is 16.5. The van der Waals surface area contributed by atoms with Gasteiger partial charge in [-0.25, -0.2) is 0 Å². The molecule has 0 radical (unpaired) electrons. The van der Waals surface area contributed by atoms with E-state index in [1.807, 2.05) is 0 Å². The van der Waals surface area contributed by atoms with Crippen molar-refractivity contribution >= 4 is 0 Å². The van der Waals surface area contributed by atoms with Crippen molar-refractivity contribution in [2.75, 3.05) is 6.61 Å². The Kier molecular flexibility index (Phi) is 8.74. The van der Waals surface area contributed by atoms with Crippen LogP contribution in [0.4, 0.5) is 0 Å². The lowest BCUT2D eigenvalue weighted by atomic mass is 9.89. The summed E-state index contributed by atoms with van der Waals surface area (Å²) in [6.07, 6.45) is 14.9. The molecule has 0 aromatic heterocycles. The fraction of sp³-hybridized carbons (Fsp3) is 0.727. The third-order valence-corrected chi connectivity index (χ3v) is 5.27. The molecule has 1 saturated heterocycles. The van der Waals surface area contributed by atoms with Crippen LogP contribution in [-0.4, -0.2) is 12.7 Å². The van der Waals surface area contributed by atoms with Crippen molar-refractivity contribution in [3.8, 4) is 0 Å². The Balaban J connectivity index is 1.71. The Hall–Kier alpha value is -0.820. The predicted octanol–water partition coefficient (Wildman–Crippen LogP) is 6.65. The van der Waals surface area contributed by atoms with Crippen molar-refractivity contribution in [2.24, 2.45) is 0 Å². The number of unbranched alkanes of at least 4 members (excludes halogenated alkanes) is 5. The van der Waals surface area contributed by atoms with Gasteiger partial charge in [-0.05, 0) is 43.2 Å². The number of hydrogen-bond acceptors (Lipinski definition) is 1. The first-order valence-electron chi connectivity index (χ1n) is 10.0. The molecule has 1 heterocycles. The summed E-state index contributed by atoms with van der Waals surface area (Å²) in [5, 5.41) is 0. The van der Waals surface area contributed by atoms with Crippen molar-refractivity contribution in [3.63, 3.8) is 0 Å². The van der Waals surface area contributed by atoms with Crippen LogP contribution in [-0.2, 0) is 11.2 Å². The van der Waals surface area contributed by atoms with Crippen molar-refractivity contribution in [1.29, 1.82) is 0 Å². The molecule has 1 aliphatic rings. The van der Waals surface area contributed by atoms with Gasteiger partial charge in [-0.1, -0.05) is 76.6 Å². The summed E-state index contributed by atoms with van der Waals surface area (Å²) >= 11 is 0. The number of benzene rings is 1. The minimum atomic E-state index is 0.524. The average molecular weight is 317 g/mol. The van der Waals surface area contributed by atoms with Crippen LogP contribution >= 0.6 is 0 Å². The monoisotopic (exact) mass is 316 g/mol. The fourth-order valence-corrected chi connectivity index (χ4v) is 3.63. The topological polar surface area (TPSA) is 9.23 Å². The molecule has 0 amide bonds. The quantitative estimate of drug-likeness (QED) is 0.439. The molecular formula is C22H36O. The van der Waals surface area contributed by atoms with Gasteiger partial charge in [0.2, 0.25) is 0 Å². The van der Waals surface area contributed by atoms with Gasteiger partial charge in [0, 0.05) is 5.92 Å². The van der Waals surface area contributed by atoms with Crippen molar-refractivity contribution in [3.05, 3.63) is 35.4 Å². The zero-order valence-corrected chi connectivity index (χ0v) is 15.4. The molecule has 1 heteroatoms. The highest BCUT2D eigenvalue weighted by Gasteiger charge is 2.22. The summed E-state index contributed by atoms with van der Waals surface area (Å²) in [5.74, 6) is 0.617. The van der Waals surface area contributed by atoms with Crippen LogP contribution in [0.1, 0.15) is 95.1 Å². The van der Waals surface area contributed by atoms with Gasteiger partial charge in [0.1, 0.15) is 0 Å². The Morgan fingerprint density at radius 3 is 2.26 bits per heavy atom. The fourth-order valence-electron chi connectivity index (χ4n) is 3.63. The molecule has 0 spiro atoms. The number of ether oxygens (including phenoxy) is 1. The number of rotatable bonds is 10. The smallest absolute Gasteiger partial charge is 0.0575 e. The van der Waals surface area contributed by atoms with E-state index in [9.17, 15) is 0 Å².